The lowest BCUT2D eigenvalue weighted by molar-refractivity contribution is -0.123. The highest BCUT2D eigenvalue weighted by atomic mass is 127. The van der Waals surface area contributed by atoms with Gasteiger partial charge in [0.25, 0.3) is 11.8 Å². The first-order valence-electron chi connectivity index (χ1n) is 7.00. The van der Waals surface area contributed by atoms with E-state index < -0.39 is 5.91 Å². The fourth-order valence-corrected chi connectivity index (χ4v) is 2.41. The SMILES string of the molecule is Cc1ccc(C)c(OCC(=O)NNC(=O)c2cccc(I)c2)c1. The monoisotopic (exact) mass is 424 g/mol. The highest BCUT2D eigenvalue weighted by Gasteiger charge is 2.09. The van der Waals surface area contributed by atoms with E-state index in [4.69, 9.17) is 4.74 Å². The number of hydrogen-bond acceptors (Lipinski definition) is 3. The average Bonchev–Trinajstić information content (AvgIpc) is 2.53. The Morgan fingerprint density at radius 3 is 2.61 bits per heavy atom. The second-order valence-corrected chi connectivity index (χ2v) is 6.32. The molecule has 0 aliphatic heterocycles. The Morgan fingerprint density at radius 2 is 1.87 bits per heavy atom. The van der Waals surface area contributed by atoms with Crippen LogP contribution in [0.4, 0.5) is 0 Å². The Bertz CT molecular complexity index is 732. The summed E-state index contributed by atoms with van der Waals surface area (Å²) in [5.41, 5.74) is 7.19. The van der Waals surface area contributed by atoms with Crippen molar-refractivity contribution in [3.63, 3.8) is 0 Å². The summed E-state index contributed by atoms with van der Waals surface area (Å²) in [6, 6.07) is 12.8. The van der Waals surface area contributed by atoms with Crippen molar-refractivity contribution < 1.29 is 14.3 Å². The molecule has 0 aliphatic rings. The number of ether oxygens (including phenoxy) is 1. The van der Waals surface area contributed by atoms with Crippen molar-refractivity contribution in [3.05, 3.63) is 62.7 Å². The number of carbonyl (C=O) groups excluding carboxylic acids is 2. The Labute approximate surface area is 148 Å². The lowest BCUT2D eigenvalue weighted by atomic mass is 10.1. The zero-order valence-corrected chi connectivity index (χ0v) is 15.0. The van der Waals surface area contributed by atoms with Gasteiger partial charge in [0.05, 0.1) is 0 Å². The van der Waals surface area contributed by atoms with Gasteiger partial charge in [-0.15, -0.1) is 0 Å². The van der Waals surface area contributed by atoms with Gasteiger partial charge in [-0.25, -0.2) is 0 Å². The van der Waals surface area contributed by atoms with Crippen molar-refractivity contribution in [3.8, 4) is 5.75 Å². The van der Waals surface area contributed by atoms with E-state index in [-0.39, 0.29) is 12.5 Å². The number of hydrazine groups is 1. The van der Waals surface area contributed by atoms with E-state index in [2.05, 4.69) is 33.4 Å². The molecule has 5 nitrogen and oxygen atoms in total. The fourth-order valence-electron chi connectivity index (χ4n) is 1.87. The van der Waals surface area contributed by atoms with E-state index in [0.29, 0.717) is 11.3 Å². The zero-order valence-electron chi connectivity index (χ0n) is 12.9. The number of nitrogens with one attached hydrogen (secondary N) is 2. The zero-order chi connectivity index (χ0) is 16.8. The topological polar surface area (TPSA) is 67.4 Å². The lowest BCUT2D eigenvalue weighted by Crippen LogP contribution is -2.43. The highest BCUT2D eigenvalue weighted by molar-refractivity contribution is 14.1. The third-order valence-electron chi connectivity index (χ3n) is 3.10. The van der Waals surface area contributed by atoms with E-state index in [9.17, 15) is 9.59 Å². The van der Waals surface area contributed by atoms with Crippen molar-refractivity contribution in [2.24, 2.45) is 0 Å². The predicted molar refractivity (Wildman–Crippen MR) is 96.2 cm³/mol. The summed E-state index contributed by atoms with van der Waals surface area (Å²) in [4.78, 5) is 23.7. The highest BCUT2D eigenvalue weighted by Crippen LogP contribution is 2.18. The van der Waals surface area contributed by atoms with Crippen LogP contribution in [-0.4, -0.2) is 18.4 Å². The van der Waals surface area contributed by atoms with Crippen molar-refractivity contribution in [2.45, 2.75) is 13.8 Å². The van der Waals surface area contributed by atoms with E-state index in [1.807, 2.05) is 38.1 Å². The number of carbonyl (C=O) groups is 2. The van der Waals surface area contributed by atoms with Crippen LogP contribution in [0.15, 0.2) is 42.5 Å². The molecular formula is C17H17IN2O3. The Hall–Kier alpha value is -2.09. The van der Waals surface area contributed by atoms with E-state index in [1.54, 1.807) is 18.2 Å². The Kier molecular flexibility index (Phi) is 5.97. The molecule has 0 unspecified atom stereocenters. The fraction of sp³-hybridized carbons (Fsp3) is 0.176. The van der Waals surface area contributed by atoms with E-state index in [1.165, 1.54) is 0 Å². The Balaban J connectivity index is 1.83. The van der Waals surface area contributed by atoms with Crippen LogP contribution in [0.5, 0.6) is 5.75 Å². The van der Waals surface area contributed by atoms with Crippen molar-refractivity contribution in [2.75, 3.05) is 6.61 Å². The summed E-state index contributed by atoms with van der Waals surface area (Å²) in [6.45, 7) is 3.69. The van der Waals surface area contributed by atoms with Gasteiger partial charge < -0.3 is 4.74 Å². The second kappa shape index (κ2) is 7.96. The number of rotatable bonds is 4. The van der Waals surface area contributed by atoms with E-state index >= 15 is 0 Å². The molecule has 2 aromatic rings. The van der Waals surface area contributed by atoms with Crippen LogP contribution in [0.3, 0.4) is 0 Å². The first kappa shape index (κ1) is 17.3. The number of amides is 2. The maximum absolute atomic E-state index is 11.9. The molecule has 2 aromatic carbocycles. The molecule has 2 amide bonds. The van der Waals surface area contributed by atoms with Gasteiger partial charge in [0.15, 0.2) is 6.61 Å². The first-order chi connectivity index (χ1) is 11.0. The Morgan fingerprint density at radius 1 is 1.09 bits per heavy atom. The van der Waals surface area contributed by atoms with Gasteiger partial charge in [-0.1, -0.05) is 18.2 Å². The smallest absolute Gasteiger partial charge is 0.276 e. The van der Waals surface area contributed by atoms with Gasteiger partial charge in [-0.3, -0.25) is 20.4 Å². The normalized spacial score (nSPS) is 10.0. The molecule has 120 valence electrons. The maximum atomic E-state index is 11.9. The molecule has 0 radical (unpaired) electrons. The van der Waals surface area contributed by atoms with Crippen molar-refractivity contribution >= 4 is 34.4 Å². The molecular weight excluding hydrogens is 407 g/mol. The standard InChI is InChI=1S/C17H17IN2O3/c1-11-6-7-12(2)15(8-11)23-10-16(21)19-20-17(22)13-4-3-5-14(18)9-13/h3-9H,10H2,1-2H3,(H,19,21)(H,20,22). The third kappa shape index (κ3) is 5.24. The summed E-state index contributed by atoms with van der Waals surface area (Å²) >= 11 is 2.12. The van der Waals surface area contributed by atoms with Crippen LogP contribution < -0.4 is 15.6 Å². The minimum absolute atomic E-state index is 0.170. The lowest BCUT2D eigenvalue weighted by Gasteiger charge is -2.11. The van der Waals surface area contributed by atoms with Crippen LogP contribution in [-0.2, 0) is 4.79 Å². The summed E-state index contributed by atoms with van der Waals surface area (Å²) in [7, 11) is 0. The first-order valence-corrected chi connectivity index (χ1v) is 8.08. The molecule has 6 heteroatoms. The quantitative estimate of drug-likeness (QED) is 0.586. The van der Waals surface area contributed by atoms with Crippen LogP contribution in [0, 0.1) is 17.4 Å². The minimum atomic E-state index is -0.426. The molecule has 0 atom stereocenters. The molecule has 0 bridgehead atoms. The number of halogens is 1. The molecule has 0 aliphatic carbocycles. The molecule has 0 aromatic heterocycles. The number of benzene rings is 2. The molecule has 0 fully saturated rings. The molecule has 23 heavy (non-hydrogen) atoms. The van der Waals surface area contributed by atoms with Crippen LogP contribution >= 0.6 is 22.6 Å². The van der Waals surface area contributed by atoms with Gasteiger partial charge in [0.2, 0.25) is 0 Å². The second-order valence-electron chi connectivity index (χ2n) is 5.07. The average molecular weight is 424 g/mol. The van der Waals surface area contributed by atoms with Crippen LogP contribution in [0.2, 0.25) is 0 Å². The third-order valence-corrected chi connectivity index (χ3v) is 3.78. The molecule has 0 saturated carbocycles. The summed E-state index contributed by atoms with van der Waals surface area (Å²) in [6.07, 6.45) is 0. The largest absolute Gasteiger partial charge is 0.483 e. The van der Waals surface area contributed by atoms with Crippen molar-refractivity contribution in [1.82, 2.24) is 10.9 Å². The van der Waals surface area contributed by atoms with Crippen LogP contribution in [0.25, 0.3) is 0 Å². The minimum Gasteiger partial charge on any atom is -0.483 e. The van der Waals surface area contributed by atoms with Gasteiger partial charge >= 0.3 is 0 Å². The maximum Gasteiger partial charge on any atom is 0.276 e. The van der Waals surface area contributed by atoms with Gasteiger partial charge in [-0.2, -0.15) is 0 Å². The molecule has 0 heterocycles. The van der Waals surface area contributed by atoms with Gasteiger partial charge in [-0.05, 0) is 71.8 Å². The summed E-state index contributed by atoms with van der Waals surface area (Å²) in [5, 5.41) is 0. The van der Waals surface area contributed by atoms with Crippen LogP contribution in [0.1, 0.15) is 21.5 Å². The van der Waals surface area contributed by atoms with Crippen molar-refractivity contribution in [1.29, 1.82) is 0 Å². The number of aryl methyl sites for hydroxylation is 2. The molecule has 2 N–H and O–H groups in total. The summed E-state index contributed by atoms with van der Waals surface area (Å²) in [5.74, 6) is -0.141. The number of hydrogen-bond donors (Lipinski definition) is 2. The van der Waals surface area contributed by atoms with Gasteiger partial charge in [0.1, 0.15) is 5.75 Å². The predicted octanol–water partition coefficient (Wildman–Crippen LogP) is 2.75. The molecule has 0 spiro atoms. The van der Waals surface area contributed by atoms with E-state index in [0.717, 1.165) is 14.7 Å². The molecule has 0 saturated heterocycles. The summed E-state index contributed by atoms with van der Waals surface area (Å²) < 4.78 is 6.42. The molecule has 2 rings (SSSR count). The van der Waals surface area contributed by atoms with Gasteiger partial charge in [0, 0.05) is 9.13 Å².